The number of hydrogen-bond acceptors (Lipinski definition) is 4. The van der Waals surface area contributed by atoms with Crippen LogP contribution in [0.5, 0.6) is 0 Å². The summed E-state index contributed by atoms with van der Waals surface area (Å²) in [5.41, 5.74) is 0.132. The molecule has 3 rings (SSSR count). The molecule has 0 saturated carbocycles. The molecule has 2 heterocycles. The summed E-state index contributed by atoms with van der Waals surface area (Å²) in [7, 11) is 0. The Morgan fingerprint density at radius 1 is 1.16 bits per heavy atom. The normalized spacial score (nSPS) is 20.0. The SMILES string of the molecule is Cc1ccc(C(=O)CN2C(=O)N[C@](C)(CCc3ccccc3)C2=O)s1. The molecule has 130 valence electrons. The summed E-state index contributed by atoms with van der Waals surface area (Å²) in [5, 5.41) is 2.75. The predicted molar refractivity (Wildman–Crippen MR) is 96.8 cm³/mol. The number of carbonyl (C=O) groups is 3. The van der Waals surface area contributed by atoms with Gasteiger partial charge in [0.25, 0.3) is 5.91 Å². The highest BCUT2D eigenvalue weighted by atomic mass is 32.1. The summed E-state index contributed by atoms with van der Waals surface area (Å²) in [6, 6.07) is 12.9. The van der Waals surface area contributed by atoms with Gasteiger partial charge in [-0.1, -0.05) is 30.3 Å². The van der Waals surface area contributed by atoms with Gasteiger partial charge in [-0.3, -0.25) is 14.5 Å². The topological polar surface area (TPSA) is 66.5 Å². The molecule has 3 amide bonds. The van der Waals surface area contributed by atoms with Gasteiger partial charge in [0.05, 0.1) is 11.4 Å². The fourth-order valence-electron chi connectivity index (χ4n) is 2.91. The summed E-state index contributed by atoms with van der Waals surface area (Å²) in [5.74, 6) is -0.552. The number of nitrogens with zero attached hydrogens (tertiary/aromatic N) is 1. The molecule has 1 aromatic carbocycles. The zero-order valence-corrected chi connectivity index (χ0v) is 15.1. The summed E-state index contributed by atoms with van der Waals surface area (Å²) in [6.45, 7) is 3.41. The van der Waals surface area contributed by atoms with Crippen molar-refractivity contribution in [2.45, 2.75) is 32.2 Å². The van der Waals surface area contributed by atoms with Crippen LogP contribution in [0.15, 0.2) is 42.5 Å². The van der Waals surface area contributed by atoms with Gasteiger partial charge >= 0.3 is 6.03 Å². The van der Waals surface area contributed by atoms with Crippen LogP contribution >= 0.6 is 11.3 Å². The maximum atomic E-state index is 12.7. The Kier molecular flexibility index (Phi) is 4.72. The van der Waals surface area contributed by atoms with E-state index in [2.05, 4.69) is 5.32 Å². The highest BCUT2D eigenvalue weighted by Gasteiger charge is 2.47. The van der Waals surface area contributed by atoms with Gasteiger partial charge in [0, 0.05) is 4.88 Å². The number of urea groups is 1. The van der Waals surface area contributed by atoms with E-state index in [4.69, 9.17) is 0 Å². The molecule has 1 aliphatic heterocycles. The van der Waals surface area contributed by atoms with Gasteiger partial charge in [0.15, 0.2) is 5.78 Å². The van der Waals surface area contributed by atoms with Crippen LogP contribution in [0.2, 0.25) is 0 Å². The third-order valence-electron chi connectivity index (χ3n) is 4.42. The minimum atomic E-state index is -0.974. The lowest BCUT2D eigenvalue weighted by Crippen LogP contribution is -2.44. The summed E-state index contributed by atoms with van der Waals surface area (Å²) < 4.78 is 0. The fourth-order valence-corrected chi connectivity index (χ4v) is 3.70. The lowest BCUT2D eigenvalue weighted by molar-refractivity contribution is -0.130. The number of aryl methyl sites for hydroxylation is 2. The number of imide groups is 1. The Balaban J connectivity index is 1.67. The Morgan fingerprint density at radius 3 is 2.52 bits per heavy atom. The number of amides is 3. The van der Waals surface area contributed by atoms with E-state index >= 15 is 0 Å². The number of thiophene rings is 1. The van der Waals surface area contributed by atoms with Crippen LogP contribution in [0.4, 0.5) is 4.79 Å². The molecule has 0 aliphatic carbocycles. The minimum absolute atomic E-state index is 0.214. The molecule has 0 bridgehead atoms. The molecule has 1 aliphatic rings. The molecule has 6 heteroatoms. The highest BCUT2D eigenvalue weighted by Crippen LogP contribution is 2.24. The van der Waals surface area contributed by atoms with Crippen LogP contribution in [0.1, 0.15) is 33.5 Å². The number of carbonyl (C=O) groups excluding carboxylic acids is 3. The zero-order valence-electron chi connectivity index (χ0n) is 14.2. The van der Waals surface area contributed by atoms with Crippen molar-refractivity contribution < 1.29 is 14.4 Å². The standard InChI is InChI=1S/C19H20N2O3S/c1-13-8-9-16(25-13)15(22)12-21-17(23)19(2,20-18(21)24)11-10-14-6-4-3-5-7-14/h3-9H,10-12H2,1-2H3,(H,20,24)/t19-/m1/s1. The van der Waals surface area contributed by atoms with Crippen LogP contribution < -0.4 is 5.32 Å². The Morgan fingerprint density at radius 2 is 1.88 bits per heavy atom. The quantitative estimate of drug-likeness (QED) is 0.638. The van der Waals surface area contributed by atoms with E-state index in [9.17, 15) is 14.4 Å². The van der Waals surface area contributed by atoms with E-state index in [1.165, 1.54) is 11.3 Å². The van der Waals surface area contributed by atoms with Gasteiger partial charge < -0.3 is 5.32 Å². The fraction of sp³-hybridized carbons (Fsp3) is 0.316. The molecular weight excluding hydrogens is 336 g/mol. The van der Waals surface area contributed by atoms with Gasteiger partial charge in [0.1, 0.15) is 5.54 Å². The number of hydrogen-bond donors (Lipinski definition) is 1. The molecule has 0 radical (unpaired) electrons. The number of nitrogens with one attached hydrogen (secondary N) is 1. The smallest absolute Gasteiger partial charge is 0.323 e. The zero-order chi connectivity index (χ0) is 18.0. The predicted octanol–water partition coefficient (Wildman–Crippen LogP) is 3.18. The van der Waals surface area contributed by atoms with Gasteiger partial charge in [0.2, 0.25) is 0 Å². The lowest BCUT2D eigenvalue weighted by Gasteiger charge is -2.21. The maximum Gasteiger partial charge on any atom is 0.325 e. The molecule has 5 nitrogen and oxygen atoms in total. The summed E-state index contributed by atoms with van der Waals surface area (Å²) in [4.78, 5) is 39.9. The van der Waals surface area contributed by atoms with Crippen LogP contribution in [0.25, 0.3) is 0 Å². The second-order valence-electron chi connectivity index (χ2n) is 6.47. The third kappa shape index (κ3) is 3.64. The maximum absolute atomic E-state index is 12.7. The molecule has 1 aromatic heterocycles. The molecule has 25 heavy (non-hydrogen) atoms. The van der Waals surface area contributed by atoms with Crippen LogP contribution in [0, 0.1) is 6.92 Å². The molecule has 2 aromatic rings. The number of rotatable bonds is 6. The van der Waals surface area contributed by atoms with E-state index in [1.807, 2.05) is 43.3 Å². The number of ketones is 1. The second-order valence-corrected chi connectivity index (χ2v) is 7.76. The van der Waals surface area contributed by atoms with Crippen molar-refractivity contribution >= 4 is 29.1 Å². The van der Waals surface area contributed by atoms with E-state index in [0.717, 1.165) is 15.3 Å². The van der Waals surface area contributed by atoms with Crippen LogP contribution in [0.3, 0.4) is 0 Å². The van der Waals surface area contributed by atoms with Gasteiger partial charge in [-0.05, 0) is 44.4 Å². The van der Waals surface area contributed by atoms with Crippen molar-refractivity contribution in [3.63, 3.8) is 0 Å². The molecule has 0 unspecified atom stereocenters. The van der Waals surface area contributed by atoms with Crippen molar-refractivity contribution in [3.8, 4) is 0 Å². The molecule has 1 fully saturated rings. The van der Waals surface area contributed by atoms with Crippen LogP contribution in [-0.4, -0.2) is 34.7 Å². The minimum Gasteiger partial charge on any atom is -0.323 e. The highest BCUT2D eigenvalue weighted by molar-refractivity contribution is 7.14. The average Bonchev–Trinajstić information content (AvgIpc) is 3.12. The Bertz CT molecular complexity index is 815. The second kappa shape index (κ2) is 6.80. The largest absolute Gasteiger partial charge is 0.325 e. The van der Waals surface area contributed by atoms with E-state index < -0.39 is 11.6 Å². The average molecular weight is 356 g/mol. The summed E-state index contributed by atoms with van der Waals surface area (Å²) in [6.07, 6.45) is 1.17. The van der Waals surface area contributed by atoms with Gasteiger partial charge in [-0.2, -0.15) is 0 Å². The summed E-state index contributed by atoms with van der Waals surface area (Å²) >= 11 is 1.37. The molecule has 1 atom stereocenters. The monoisotopic (exact) mass is 356 g/mol. The first kappa shape index (κ1) is 17.4. The first-order chi connectivity index (χ1) is 11.9. The molecule has 1 saturated heterocycles. The molecular formula is C19H20N2O3S. The molecule has 1 N–H and O–H groups in total. The van der Waals surface area contributed by atoms with Gasteiger partial charge in [-0.25, -0.2) is 4.79 Å². The number of benzene rings is 1. The first-order valence-electron chi connectivity index (χ1n) is 8.17. The number of Topliss-reactive ketones (excluding diaryl/α,β-unsaturated/α-hetero) is 1. The third-order valence-corrected chi connectivity index (χ3v) is 5.46. The first-order valence-corrected chi connectivity index (χ1v) is 8.98. The Hall–Kier alpha value is -2.47. The Labute approximate surface area is 150 Å². The lowest BCUT2D eigenvalue weighted by atomic mass is 9.93. The van der Waals surface area contributed by atoms with Crippen molar-refractivity contribution in [3.05, 3.63) is 57.8 Å². The molecule has 0 spiro atoms. The van der Waals surface area contributed by atoms with Gasteiger partial charge in [-0.15, -0.1) is 11.3 Å². The van der Waals surface area contributed by atoms with Crippen molar-refractivity contribution in [2.75, 3.05) is 6.54 Å². The van der Waals surface area contributed by atoms with Crippen molar-refractivity contribution in [1.29, 1.82) is 0 Å². The van der Waals surface area contributed by atoms with Crippen molar-refractivity contribution in [1.82, 2.24) is 10.2 Å². The van der Waals surface area contributed by atoms with Crippen molar-refractivity contribution in [2.24, 2.45) is 0 Å². The van der Waals surface area contributed by atoms with E-state index in [1.54, 1.807) is 13.0 Å². The van der Waals surface area contributed by atoms with E-state index in [0.29, 0.717) is 17.7 Å². The van der Waals surface area contributed by atoms with E-state index in [-0.39, 0.29) is 18.2 Å². The van der Waals surface area contributed by atoms with Crippen LogP contribution in [-0.2, 0) is 11.2 Å².